The van der Waals surface area contributed by atoms with Gasteiger partial charge in [-0.3, -0.25) is 4.79 Å². The molecule has 8 nitrogen and oxygen atoms in total. The van der Waals surface area contributed by atoms with Gasteiger partial charge in [-0.1, -0.05) is 42.4 Å². The van der Waals surface area contributed by atoms with Crippen LogP contribution in [-0.2, 0) is 17.8 Å². The molecule has 6 rings (SSSR count). The highest BCUT2D eigenvalue weighted by molar-refractivity contribution is 6.36. The molecule has 1 saturated carbocycles. The van der Waals surface area contributed by atoms with E-state index < -0.39 is 0 Å². The second-order valence-electron chi connectivity index (χ2n) is 12.6. The molecule has 1 aliphatic carbocycles. The Morgan fingerprint density at radius 1 is 1.14 bits per heavy atom. The van der Waals surface area contributed by atoms with Gasteiger partial charge in [-0.05, 0) is 70.8 Å². The molecule has 0 unspecified atom stereocenters. The first kappa shape index (κ1) is 28.7. The zero-order chi connectivity index (χ0) is 29.6. The second kappa shape index (κ2) is 11.4. The number of amides is 1. The van der Waals surface area contributed by atoms with Gasteiger partial charge in [0.2, 0.25) is 5.91 Å². The summed E-state index contributed by atoms with van der Waals surface area (Å²) < 4.78 is 6.41. The fourth-order valence-electron chi connectivity index (χ4n) is 6.70. The Hall–Kier alpha value is -3.36. The van der Waals surface area contributed by atoms with E-state index in [-0.39, 0.29) is 23.4 Å². The lowest BCUT2D eigenvalue weighted by Gasteiger charge is -2.45. The van der Waals surface area contributed by atoms with Gasteiger partial charge in [0.25, 0.3) is 0 Å². The molecule has 9 heteroatoms. The number of carbonyl (C=O) groups excluding carboxylic acids is 1. The molecular formula is C33H41ClN6O2. The predicted octanol–water partition coefficient (Wildman–Crippen LogP) is 5.18. The minimum absolute atomic E-state index is 0.0252. The number of benzene rings is 2. The lowest BCUT2D eigenvalue weighted by atomic mass is 10.0. The third-order valence-electron chi connectivity index (χ3n) is 9.03. The van der Waals surface area contributed by atoms with Crippen LogP contribution in [0.4, 0.5) is 11.5 Å². The molecule has 0 radical (unpaired) electrons. The van der Waals surface area contributed by atoms with Crippen molar-refractivity contribution in [1.29, 1.82) is 0 Å². The van der Waals surface area contributed by atoms with E-state index in [0.717, 1.165) is 65.3 Å². The van der Waals surface area contributed by atoms with Crippen molar-refractivity contribution in [3.63, 3.8) is 0 Å². The molecule has 222 valence electrons. The molecule has 42 heavy (non-hydrogen) atoms. The topological polar surface area (TPSA) is 65.0 Å². The Morgan fingerprint density at radius 2 is 1.90 bits per heavy atom. The van der Waals surface area contributed by atoms with Crippen molar-refractivity contribution < 1.29 is 9.53 Å². The van der Waals surface area contributed by atoms with Crippen molar-refractivity contribution in [1.82, 2.24) is 19.8 Å². The molecule has 2 atom stereocenters. The van der Waals surface area contributed by atoms with E-state index in [0.29, 0.717) is 32.3 Å². The van der Waals surface area contributed by atoms with E-state index in [9.17, 15) is 4.79 Å². The zero-order valence-corrected chi connectivity index (χ0v) is 25.9. The highest BCUT2D eigenvalue weighted by Crippen LogP contribution is 2.46. The molecule has 2 aliphatic heterocycles. The highest BCUT2D eigenvalue weighted by atomic mass is 35.5. The zero-order valence-electron chi connectivity index (χ0n) is 25.1. The summed E-state index contributed by atoms with van der Waals surface area (Å²) in [6.45, 7) is 12.3. The van der Waals surface area contributed by atoms with E-state index in [4.69, 9.17) is 26.3 Å². The monoisotopic (exact) mass is 588 g/mol. The Bertz CT molecular complexity index is 1500. The van der Waals surface area contributed by atoms with Crippen LogP contribution in [0.1, 0.15) is 37.9 Å². The largest absolute Gasteiger partial charge is 0.463 e. The van der Waals surface area contributed by atoms with Crippen LogP contribution in [0.3, 0.4) is 0 Å². The number of rotatable bonds is 8. The Labute approximate surface area is 253 Å². The van der Waals surface area contributed by atoms with Gasteiger partial charge in [-0.15, -0.1) is 0 Å². The number of nitrogens with zero attached hydrogens (tertiary/aromatic N) is 6. The van der Waals surface area contributed by atoms with E-state index >= 15 is 0 Å². The average Bonchev–Trinajstić information content (AvgIpc) is 3.74. The minimum atomic E-state index is -0.0252. The summed E-state index contributed by atoms with van der Waals surface area (Å²) in [5.41, 5.74) is 3.45. The fraction of sp³-hybridized carbons (Fsp3) is 0.485. The van der Waals surface area contributed by atoms with Gasteiger partial charge in [0.15, 0.2) is 0 Å². The second-order valence-corrected chi connectivity index (χ2v) is 13.0. The van der Waals surface area contributed by atoms with Crippen LogP contribution >= 0.6 is 11.6 Å². The van der Waals surface area contributed by atoms with Gasteiger partial charge < -0.3 is 24.3 Å². The van der Waals surface area contributed by atoms with Gasteiger partial charge in [-0.2, -0.15) is 9.97 Å². The average molecular weight is 589 g/mol. The van der Waals surface area contributed by atoms with Gasteiger partial charge in [0.05, 0.1) is 23.9 Å². The van der Waals surface area contributed by atoms with Crippen LogP contribution in [0, 0.1) is 5.41 Å². The standard InChI is InChI=1S/C33H41ClN6O2/c1-6-29(41)39-17-23(3)40(18-22(39)2)31-25-13-16-38(28-12-8-10-24-9-7-11-26(34)30(24)28)19-27(25)35-32(36-31)42-21-33(14-15-33)20-37(4)5/h6-12,22-23H,1,13-21H2,2-5H3/t22-,23+/m0/s1. The van der Waals surface area contributed by atoms with E-state index in [2.05, 4.69) is 73.5 Å². The summed E-state index contributed by atoms with van der Waals surface area (Å²) in [6, 6.07) is 13.0. The van der Waals surface area contributed by atoms with Crippen LogP contribution < -0.4 is 14.5 Å². The number of ether oxygens (including phenoxy) is 1. The summed E-state index contributed by atoms with van der Waals surface area (Å²) in [7, 11) is 4.22. The summed E-state index contributed by atoms with van der Waals surface area (Å²) in [5, 5.41) is 2.95. The summed E-state index contributed by atoms with van der Waals surface area (Å²) in [5.74, 6) is 0.913. The third-order valence-corrected chi connectivity index (χ3v) is 9.34. The van der Waals surface area contributed by atoms with Gasteiger partial charge >= 0.3 is 6.01 Å². The predicted molar refractivity (Wildman–Crippen MR) is 170 cm³/mol. The smallest absolute Gasteiger partial charge is 0.318 e. The van der Waals surface area contributed by atoms with Crippen LogP contribution in [0.5, 0.6) is 6.01 Å². The first-order valence-electron chi connectivity index (χ1n) is 15.0. The molecule has 2 aromatic carbocycles. The molecule has 0 bridgehead atoms. The summed E-state index contributed by atoms with van der Waals surface area (Å²) in [4.78, 5) is 31.5. The number of carbonyl (C=O) groups is 1. The van der Waals surface area contributed by atoms with Gasteiger partial charge in [0.1, 0.15) is 5.82 Å². The molecular weight excluding hydrogens is 548 g/mol. The van der Waals surface area contributed by atoms with E-state index in [1.165, 1.54) is 11.6 Å². The number of anilines is 2. The van der Waals surface area contributed by atoms with Gasteiger partial charge in [-0.25, -0.2) is 0 Å². The SMILES string of the molecule is C=CC(=O)N1C[C@@H](C)N(c2nc(OCC3(CN(C)C)CC3)nc3c2CCN(c2cccc4cccc(Cl)c24)C3)C[C@@H]1C. The van der Waals surface area contributed by atoms with Crippen molar-refractivity contribution in [2.45, 2.75) is 51.7 Å². The molecule has 1 amide bonds. The normalized spacial score (nSPS) is 21.4. The molecule has 3 aliphatic rings. The highest BCUT2D eigenvalue weighted by Gasteiger charge is 2.44. The van der Waals surface area contributed by atoms with Crippen LogP contribution in [0.15, 0.2) is 49.1 Å². The maximum atomic E-state index is 12.5. The van der Waals surface area contributed by atoms with Crippen molar-refractivity contribution in [2.24, 2.45) is 5.41 Å². The Balaban J connectivity index is 1.35. The minimum Gasteiger partial charge on any atom is -0.463 e. The number of aromatic nitrogens is 2. The molecule has 3 aromatic rings. The van der Waals surface area contributed by atoms with Crippen molar-refractivity contribution in [3.05, 3.63) is 65.3 Å². The Kier molecular flexibility index (Phi) is 7.79. The van der Waals surface area contributed by atoms with Crippen molar-refractivity contribution >= 4 is 39.8 Å². The maximum absolute atomic E-state index is 12.5. The maximum Gasteiger partial charge on any atom is 0.318 e. The number of hydrogen-bond donors (Lipinski definition) is 0. The van der Waals surface area contributed by atoms with Crippen LogP contribution in [0.25, 0.3) is 10.8 Å². The molecule has 0 spiro atoms. The number of fused-ring (bicyclic) bond motifs is 2. The summed E-state index contributed by atoms with van der Waals surface area (Å²) >= 11 is 6.72. The lowest BCUT2D eigenvalue weighted by molar-refractivity contribution is -0.128. The lowest BCUT2D eigenvalue weighted by Crippen LogP contribution is -2.58. The molecule has 0 N–H and O–H groups in total. The quantitative estimate of drug-likeness (QED) is 0.336. The first-order valence-corrected chi connectivity index (χ1v) is 15.3. The number of hydrogen-bond acceptors (Lipinski definition) is 7. The van der Waals surface area contributed by atoms with Crippen molar-refractivity contribution in [2.75, 3.05) is 56.7 Å². The molecule has 2 fully saturated rings. The van der Waals surface area contributed by atoms with Crippen LogP contribution in [-0.4, -0.2) is 84.6 Å². The van der Waals surface area contributed by atoms with E-state index in [1.807, 2.05) is 17.0 Å². The Morgan fingerprint density at radius 3 is 2.62 bits per heavy atom. The van der Waals surface area contributed by atoms with Gasteiger partial charge in [0, 0.05) is 60.3 Å². The molecule has 1 saturated heterocycles. The van der Waals surface area contributed by atoms with Crippen LogP contribution in [0.2, 0.25) is 5.02 Å². The molecule has 1 aromatic heterocycles. The number of halogens is 1. The number of piperazine rings is 1. The van der Waals surface area contributed by atoms with E-state index in [1.54, 1.807) is 0 Å². The third kappa shape index (κ3) is 5.54. The van der Waals surface area contributed by atoms with Crippen molar-refractivity contribution in [3.8, 4) is 6.01 Å². The fourth-order valence-corrected chi connectivity index (χ4v) is 6.97. The molecule has 3 heterocycles. The first-order chi connectivity index (χ1) is 20.2. The summed E-state index contributed by atoms with van der Waals surface area (Å²) in [6.07, 6.45) is 4.54.